The molecule has 6 atom stereocenters. The molecule has 0 amide bonds. The first-order valence-electron chi connectivity index (χ1n) is 20.5. The maximum absolute atomic E-state index is 13.7. The van der Waals surface area contributed by atoms with E-state index in [0.717, 1.165) is 44.9 Å². The van der Waals surface area contributed by atoms with Crippen molar-refractivity contribution in [3.05, 3.63) is 37.5 Å². The molecule has 310 valence electrons. The van der Waals surface area contributed by atoms with Crippen molar-refractivity contribution >= 4 is 13.8 Å². The normalized spacial score (nSPS) is 21.2. The fourth-order valence-electron chi connectivity index (χ4n) is 6.26. The molecule has 0 spiro atoms. The van der Waals surface area contributed by atoms with Gasteiger partial charge in [-0.15, -0.1) is 13.2 Å². The van der Waals surface area contributed by atoms with E-state index in [-0.39, 0.29) is 32.3 Å². The van der Waals surface area contributed by atoms with Crippen LogP contribution in [0, 0.1) is 0 Å². The number of methoxy groups -OCH3 is 1. The van der Waals surface area contributed by atoms with Crippen molar-refractivity contribution in [3.8, 4) is 0 Å². The van der Waals surface area contributed by atoms with E-state index in [1.807, 2.05) is 0 Å². The second kappa shape index (κ2) is 32.8. The Bertz CT molecular complexity index is 977. The van der Waals surface area contributed by atoms with Gasteiger partial charge in [0.05, 0.1) is 25.9 Å². The molecule has 0 radical (unpaired) electrons. The number of aliphatic hydroxyl groups excluding tert-OH is 2. The van der Waals surface area contributed by atoms with Crippen LogP contribution in [-0.4, -0.2) is 86.5 Å². The minimum atomic E-state index is -4.28. The average molecular weight is 775 g/mol. The van der Waals surface area contributed by atoms with Gasteiger partial charge in [0.15, 0.2) is 12.4 Å². The van der Waals surface area contributed by atoms with E-state index in [9.17, 15) is 19.6 Å². The Balaban J connectivity index is 2.81. The van der Waals surface area contributed by atoms with Crippen LogP contribution in [0.25, 0.3) is 0 Å². The zero-order valence-electron chi connectivity index (χ0n) is 33.4. The number of phosphoric ester groups is 1. The van der Waals surface area contributed by atoms with Crippen molar-refractivity contribution in [2.75, 3.05) is 33.5 Å². The molecule has 1 aliphatic heterocycles. The Morgan fingerprint density at radius 3 is 1.89 bits per heavy atom. The molecule has 0 unspecified atom stereocenters. The van der Waals surface area contributed by atoms with Gasteiger partial charge in [0.1, 0.15) is 18.3 Å². The number of ether oxygens (including phenoxy) is 4. The number of unbranched alkanes of at least 4 members (excludes halogenated alkanes) is 15. The summed E-state index contributed by atoms with van der Waals surface area (Å²) >= 11 is 0. The lowest BCUT2D eigenvalue weighted by Gasteiger charge is -2.44. The molecule has 1 rings (SSSR count). The summed E-state index contributed by atoms with van der Waals surface area (Å²) in [6, 6.07) is 0. The third-order valence-electron chi connectivity index (χ3n) is 9.36. The highest BCUT2D eigenvalue weighted by Crippen LogP contribution is 2.52. The number of rotatable bonds is 36. The standard InChI is InChI=1S/C41H75O11P/c1-6-10-12-14-15-16-17-18-19-20-21-22-23-25-27-29-37(43)51-40-39(47-33-30-35(46-5)28-26-24-13-11-7-2)38(36(34-42)50-41(40)44)52-53(45,48-31-8-3)49-32-9-4/h8-9,16-17,35-36,38-42,44H,3-4,6-7,10-15,18-34H2,1-2,5H3/b17-16-/t35-,36-,38-,39+,40-,41+/m1/s1. The van der Waals surface area contributed by atoms with E-state index >= 15 is 0 Å². The van der Waals surface area contributed by atoms with Gasteiger partial charge in [-0.25, -0.2) is 4.57 Å². The lowest BCUT2D eigenvalue weighted by Crippen LogP contribution is -2.61. The minimum Gasteiger partial charge on any atom is -0.454 e. The molecule has 1 heterocycles. The second-order valence-electron chi connectivity index (χ2n) is 13.9. The van der Waals surface area contributed by atoms with E-state index in [1.165, 1.54) is 82.8 Å². The predicted octanol–water partition coefficient (Wildman–Crippen LogP) is 9.69. The summed E-state index contributed by atoms with van der Waals surface area (Å²) in [5.41, 5.74) is 0. The van der Waals surface area contributed by atoms with E-state index in [0.29, 0.717) is 12.8 Å². The quantitative estimate of drug-likeness (QED) is 0.0272. The molecule has 0 aromatic carbocycles. The van der Waals surface area contributed by atoms with Crippen molar-refractivity contribution in [2.45, 2.75) is 185 Å². The van der Waals surface area contributed by atoms with Gasteiger partial charge >= 0.3 is 13.8 Å². The zero-order chi connectivity index (χ0) is 39.0. The van der Waals surface area contributed by atoms with Crippen LogP contribution in [0.4, 0.5) is 0 Å². The average Bonchev–Trinajstić information content (AvgIpc) is 3.15. The number of allylic oxidation sites excluding steroid dienone is 2. The van der Waals surface area contributed by atoms with Gasteiger partial charge in [-0.3, -0.25) is 18.4 Å². The molecule has 1 fully saturated rings. The molecule has 12 heteroatoms. The largest absolute Gasteiger partial charge is 0.475 e. The van der Waals surface area contributed by atoms with Gasteiger partial charge in [0, 0.05) is 20.1 Å². The third kappa shape index (κ3) is 23.3. The molecule has 0 bridgehead atoms. The van der Waals surface area contributed by atoms with Gasteiger partial charge in [-0.1, -0.05) is 122 Å². The van der Waals surface area contributed by atoms with E-state index in [4.69, 9.17) is 32.5 Å². The molecule has 53 heavy (non-hydrogen) atoms. The molecule has 0 aromatic rings. The summed E-state index contributed by atoms with van der Waals surface area (Å²) < 4.78 is 53.7. The number of esters is 1. The maximum Gasteiger partial charge on any atom is 0.475 e. The molecule has 1 saturated heterocycles. The first kappa shape index (κ1) is 49.6. The molecule has 0 saturated carbocycles. The van der Waals surface area contributed by atoms with Crippen LogP contribution in [0.1, 0.15) is 149 Å². The highest BCUT2D eigenvalue weighted by atomic mass is 31.2. The lowest BCUT2D eigenvalue weighted by atomic mass is 9.98. The van der Waals surface area contributed by atoms with Gasteiger partial charge in [0.25, 0.3) is 0 Å². The fourth-order valence-corrected chi connectivity index (χ4v) is 7.59. The molecule has 2 N–H and O–H groups in total. The lowest BCUT2D eigenvalue weighted by molar-refractivity contribution is -0.296. The second-order valence-corrected chi connectivity index (χ2v) is 15.5. The monoisotopic (exact) mass is 775 g/mol. The van der Waals surface area contributed by atoms with Crippen molar-refractivity contribution in [2.24, 2.45) is 0 Å². The first-order valence-corrected chi connectivity index (χ1v) is 22.0. The van der Waals surface area contributed by atoms with Crippen LogP contribution >= 0.6 is 7.82 Å². The van der Waals surface area contributed by atoms with Gasteiger partial charge < -0.3 is 29.2 Å². The molecule has 11 nitrogen and oxygen atoms in total. The third-order valence-corrected chi connectivity index (χ3v) is 10.8. The van der Waals surface area contributed by atoms with Crippen molar-refractivity contribution in [1.29, 1.82) is 0 Å². The Kier molecular flexibility index (Phi) is 30.7. The number of carbonyl (C=O) groups is 1. The highest BCUT2D eigenvalue weighted by Gasteiger charge is 2.52. The Labute approximate surface area is 321 Å². The van der Waals surface area contributed by atoms with Crippen LogP contribution in [0.2, 0.25) is 0 Å². The number of aliphatic hydroxyl groups is 2. The number of carbonyl (C=O) groups excluding carboxylic acids is 1. The van der Waals surface area contributed by atoms with Gasteiger partial charge in [0.2, 0.25) is 0 Å². The van der Waals surface area contributed by atoms with Crippen LogP contribution < -0.4 is 0 Å². The molecule has 0 aliphatic carbocycles. The van der Waals surface area contributed by atoms with Crippen molar-refractivity contribution in [1.82, 2.24) is 0 Å². The van der Waals surface area contributed by atoms with Crippen LogP contribution in [-0.2, 0) is 41.9 Å². The topological polar surface area (TPSA) is 139 Å². The maximum atomic E-state index is 13.7. The highest BCUT2D eigenvalue weighted by molar-refractivity contribution is 7.48. The summed E-state index contributed by atoms with van der Waals surface area (Å²) in [5.74, 6) is -0.523. The molecular formula is C41H75O11P. The summed E-state index contributed by atoms with van der Waals surface area (Å²) in [4.78, 5) is 13.1. The van der Waals surface area contributed by atoms with Gasteiger partial charge in [-0.05, 0) is 44.9 Å². The molecule has 0 aromatic heterocycles. The van der Waals surface area contributed by atoms with Gasteiger partial charge in [-0.2, -0.15) is 0 Å². The van der Waals surface area contributed by atoms with Crippen LogP contribution in [0.5, 0.6) is 0 Å². The Hall–Kier alpha value is -1.40. The molecule has 1 aliphatic rings. The predicted molar refractivity (Wildman–Crippen MR) is 211 cm³/mol. The van der Waals surface area contributed by atoms with Crippen molar-refractivity contribution < 1.29 is 52.1 Å². The summed E-state index contributed by atoms with van der Waals surface area (Å²) in [5, 5.41) is 21.2. The number of hydrogen-bond acceptors (Lipinski definition) is 11. The van der Waals surface area contributed by atoms with E-state index < -0.39 is 51.1 Å². The summed E-state index contributed by atoms with van der Waals surface area (Å²) in [7, 11) is -2.62. The molecular weight excluding hydrogens is 699 g/mol. The smallest absolute Gasteiger partial charge is 0.454 e. The van der Waals surface area contributed by atoms with Crippen molar-refractivity contribution in [3.63, 3.8) is 0 Å². The first-order chi connectivity index (χ1) is 25.8. The minimum absolute atomic E-state index is 0.0738. The number of hydrogen-bond donors (Lipinski definition) is 2. The Morgan fingerprint density at radius 2 is 1.32 bits per heavy atom. The van der Waals surface area contributed by atoms with Crippen LogP contribution in [0.15, 0.2) is 37.5 Å². The SMILES string of the molecule is C=CCOP(=O)(OCC=C)O[C@H]1[C@H](OCC[C@@H](CCCCCCC)OC)[C@@H](OC(=O)CCCCCCCCC/C=C\CCCCCC)[C@@H](O)O[C@@H]1CO. The zero-order valence-corrected chi connectivity index (χ0v) is 34.3. The Morgan fingerprint density at radius 1 is 0.774 bits per heavy atom. The summed E-state index contributed by atoms with van der Waals surface area (Å²) in [6.07, 6.45) is 22.7. The van der Waals surface area contributed by atoms with E-state index in [1.54, 1.807) is 7.11 Å². The fraction of sp³-hybridized carbons (Fsp3) is 0.829. The van der Waals surface area contributed by atoms with E-state index in [2.05, 4.69) is 39.2 Å². The number of phosphoric acid groups is 1. The van der Waals surface area contributed by atoms with Crippen LogP contribution in [0.3, 0.4) is 0 Å². The summed E-state index contributed by atoms with van der Waals surface area (Å²) in [6.45, 7) is 10.8.